The van der Waals surface area contributed by atoms with Crippen molar-refractivity contribution in [3.63, 3.8) is 0 Å². The standard InChI is InChI=1S/C10H17NO2/c1-8(2)6-4-3-5-7-9(11)10(12)13/h3-6,8-9H,7,11H2,1-2H3,(H,12,13)/b5-3+,6-4+/t9-/m0/s1. The number of carbonyl (C=O) groups is 1. The highest BCUT2D eigenvalue weighted by Crippen LogP contribution is 1.95. The van der Waals surface area contributed by atoms with Crippen LogP contribution in [0.4, 0.5) is 0 Å². The van der Waals surface area contributed by atoms with Gasteiger partial charge in [-0.05, 0) is 12.3 Å². The third-order valence-electron chi connectivity index (χ3n) is 1.45. The molecule has 1 atom stereocenters. The monoisotopic (exact) mass is 183 g/mol. The Labute approximate surface area is 78.9 Å². The molecule has 0 radical (unpaired) electrons. The summed E-state index contributed by atoms with van der Waals surface area (Å²) in [4.78, 5) is 10.3. The van der Waals surface area contributed by atoms with E-state index in [-0.39, 0.29) is 0 Å². The van der Waals surface area contributed by atoms with Gasteiger partial charge in [-0.2, -0.15) is 0 Å². The first-order valence-corrected chi connectivity index (χ1v) is 4.35. The Morgan fingerprint density at radius 3 is 2.54 bits per heavy atom. The van der Waals surface area contributed by atoms with Gasteiger partial charge in [0, 0.05) is 0 Å². The van der Waals surface area contributed by atoms with Gasteiger partial charge < -0.3 is 10.8 Å². The van der Waals surface area contributed by atoms with E-state index in [0.717, 1.165) is 0 Å². The van der Waals surface area contributed by atoms with Gasteiger partial charge in [-0.3, -0.25) is 4.79 Å². The van der Waals surface area contributed by atoms with Crippen molar-refractivity contribution >= 4 is 5.97 Å². The minimum absolute atomic E-state index is 0.373. The normalized spacial score (nSPS) is 14.5. The maximum atomic E-state index is 10.3. The molecule has 0 aliphatic heterocycles. The molecule has 0 fully saturated rings. The Morgan fingerprint density at radius 2 is 2.08 bits per heavy atom. The Hall–Kier alpha value is -1.09. The highest BCUT2D eigenvalue weighted by molar-refractivity contribution is 5.73. The van der Waals surface area contributed by atoms with Gasteiger partial charge in [0.1, 0.15) is 6.04 Å². The summed E-state index contributed by atoms with van der Waals surface area (Å²) in [5.41, 5.74) is 5.28. The van der Waals surface area contributed by atoms with Crippen molar-refractivity contribution in [2.24, 2.45) is 11.7 Å². The van der Waals surface area contributed by atoms with E-state index < -0.39 is 12.0 Å². The zero-order valence-electron chi connectivity index (χ0n) is 8.10. The fourth-order valence-electron chi connectivity index (χ4n) is 0.691. The molecule has 3 N–H and O–H groups in total. The molecular weight excluding hydrogens is 166 g/mol. The number of carboxylic acids is 1. The Bertz CT molecular complexity index is 207. The lowest BCUT2D eigenvalue weighted by atomic mass is 10.2. The first-order valence-electron chi connectivity index (χ1n) is 4.35. The van der Waals surface area contributed by atoms with Crippen LogP contribution in [0.25, 0.3) is 0 Å². The van der Waals surface area contributed by atoms with E-state index in [2.05, 4.69) is 13.8 Å². The second-order valence-electron chi connectivity index (χ2n) is 3.24. The first kappa shape index (κ1) is 11.9. The number of rotatable bonds is 5. The van der Waals surface area contributed by atoms with Gasteiger partial charge in [-0.25, -0.2) is 0 Å². The lowest BCUT2D eigenvalue weighted by molar-refractivity contribution is -0.138. The molecule has 0 saturated carbocycles. The molecule has 74 valence electrons. The van der Waals surface area contributed by atoms with Crippen molar-refractivity contribution < 1.29 is 9.90 Å². The van der Waals surface area contributed by atoms with Crippen LogP contribution in [0.15, 0.2) is 24.3 Å². The Morgan fingerprint density at radius 1 is 1.46 bits per heavy atom. The Balaban J connectivity index is 3.69. The van der Waals surface area contributed by atoms with Gasteiger partial charge in [0.05, 0.1) is 0 Å². The molecule has 0 aromatic carbocycles. The van der Waals surface area contributed by atoms with E-state index >= 15 is 0 Å². The van der Waals surface area contributed by atoms with Crippen LogP contribution in [-0.2, 0) is 4.79 Å². The largest absolute Gasteiger partial charge is 0.480 e. The van der Waals surface area contributed by atoms with E-state index in [1.165, 1.54) is 0 Å². The number of hydrogen-bond acceptors (Lipinski definition) is 2. The van der Waals surface area contributed by atoms with Crippen LogP contribution in [0, 0.1) is 5.92 Å². The van der Waals surface area contributed by atoms with Crippen molar-refractivity contribution in [3.8, 4) is 0 Å². The predicted molar refractivity (Wildman–Crippen MR) is 53.3 cm³/mol. The molecule has 13 heavy (non-hydrogen) atoms. The van der Waals surface area contributed by atoms with Crippen molar-refractivity contribution in [1.82, 2.24) is 0 Å². The molecule has 0 aliphatic rings. The highest BCUT2D eigenvalue weighted by Gasteiger charge is 2.07. The van der Waals surface area contributed by atoms with Crippen LogP contribution in [0.2, 0.25) is 0 Å². The van der Waals surface area contributed by atoms with E-state index in [1.807, 2.05) is 18.2 Å². The number of allylic oxidation sites excluding steroid dienone is 3. The number of carboxylic acid groups (broad SMARTS) is 1. The summed E-state index contributed by atoms with van der Waals surface area (Å²) < 4.78 is 0. The van der Waals surface area contributed by atoms with Crippen LogP contribution < -0.4 is 5.73 Å². The molecule has 3 heteroatoms. The molecule has 0 bridgehead atoms. The van der Waals surface area contributed by atoms with Gasteiger partial charge in [0.25, 0.3) is 0 Å². The van der Waals surface area contributed by atoms with E-state index in [4.69, 9.17) is 10.8 Å². The summed E-state index contributed by atoms with van der Waals surface area (Å²) in [5.74, 6) is -0.449. The minimum Gasteiger partial charge on any atom is -0.480 e. The summed E-state index contributed by atoms with van der Waals surface area (Å²) in [7, 11) is 0. The lowest BCUT2D eigenvalue weighted by Crippen LogP contribution is -2.29. The van der Waals surface area contributed by atoms with Crippen LogP contribution >= 0.6 is 0 Å². The van der Waals surface area contributed by atoms with E-state index in [1.54, 1.807) is 6.08 Å². The predicted octanol–water partition coefficient (Wildman–Crippen LogP) is 1.56. The van der Waals surface area contributed by atoms with Crippen molar-refractivity contribution in [2.45, 2.75) is 26.3 Å². The van der Waals surface area contributed by atoms with Crippen molar-refractivity contribution in [3.05, 3.63) is 24.3 Å². The zero-order chi connectivity index (χ0) is 10.3. The first-order chi connectivity index (χ1) is 6.04. The third kappa shape index (κ3) is 7.28. The number of hydrogen-bond donors (Lipinski definition) is 2. The highest BCUT2D eigenvalue weighted by atomic mass is 16.4. The molecule has 3 nitrogen and oxygen atoms in total. The maximum Gasteiger partial charge on any atom is 0.320 e. The van der Waals surface area contributed by atoms with Crippen LogP contribution in [0.3, 0.4) is 0 Å². The quantitative estimate of drug-likeness (QED) is 0.636. The van der Waals surface area contributed by atoms with Gasteiger partial charge in [0.15, 0.2) is 0 Å². The fraction of sp³-hybridized carbons (Fsp3) is 0.500. The summed E-state index contributed by atoms with van der Waals surface area (Å²) in [6, 6.07) is -0.788. The summed E-state index contributed by atoms with van der Waals surface area (Å²) in [5, 5.41) is 8.45. The lowest BCUT2D eigenvalue weighted by Gasteiger charge is -1.99. The maximum absolute atomic E-state index is 10.3. The van der Waals surface area contributed by atoms with Gasteiger partial charge in [-0.15, -0.1) is 0 Å². The number of nitrogens with two attached hydrogens (primary N) is 1. The average molecular weight is 183 g/mol. The van der Waals surface area contributed by atoms with E-state index in [0.29, 0.717) is 12.3 Å². The summed E-state index contributed by atoms with van der Waals surface area (Å²) in [6.07, 6.45) is 7.89. The molecule has 0 aromatic rings. The summed E-state index contributed by atoms with van der Waals surface area (Å²) in [6.45, 7) is 4.15. The molecule has 0 rings (SSSR count). The van der Waals surface area contributed by atoms with Crippen LogP contribution in [0.5, 0.6) is 0 Å². The van der Waals surface area contributed by atoms with Crippen molar-refractivity contribution in [2.75, 3.05) is 0 Å². The molecular formula is C10H17NO2. The molecule has 0 heterocycles. The SMILES string of the molecule is CC(C)/C=C/C=C/C[C@H](N)C(=O)O. The second-order valence-corrected chi connectivity index (χ2v) is 3.24. The molecule has 0 amide bonds. The smallest absolute Gasteiger partial charge is 0.320 e. The van der Waals surface area contributed by atoms with Crippen molar-refractivity contribution in [1.29, 1.82) is 0 Å². The second kappa shape index (κ2) is 6.43. The third-order valence-corrected chi connectivity index (χ3v) is 1.45. The van der Waals surface area contributed by atoms with Gasteiger partial charge in [0.2, 0.25) is 0 Å². The van der Waals surface area contributed by atoms with E-state index in [9.17, 15) is 4.79 Å². The van der Waals surface area contributed by atoms with Gasteiger partial charge in [-0.1, -0.05) is 38.2 Å². The summed E-state index contributed by atoms with van der Waals surface area (Å²) >= 11 is 0. The molecule has 0 spiro atoms. The Kier molecular flexibility index (Phi) is 5.89. The average Bonchev–Trinajstić information content (AvgIpc) is 2.02. The molecule has 0 unspecified atom stereocenters. The topological polar surface area (TPSA) is 63.3 Å². The fourth-order valence-corrected chi connectivity index (χ4v) is 0.691. The molecule has 0 aliphatic carbocycles. The minimum atomic E-state index is -0.961. The zero-order valence-corrected chi connectivity index (χ0v) is 8.10. The van der Waals surface area contributed by atoms with Crippen LogP contribution in [0.1, 0.15) is 20.3 Å². The molecule has 0 aromatic heterocycles. The number of aliphatic carboxylic acids is 1. The van der Waals surface area contributed by atoms with Gasteiger partial charge >= 0.3 is 5.97 Å². The molecule has 0 saturated heterocycles. The van der Waals surface area contributed by atoms with Crippen LogP contribution in [-0.4, -0.2) is 17.1 Å².